The lowest BCUT2D eigenvalue weighted by Gasteiger charge is -2.30. The van der Waals surface area contributed by atoms with Gasteiger partial charge in [0.2, 0.25) is 5.91 Å². The topological polar surface area (TPSA) is 89.9 Å². The second kappa shape index (κ2) is 7.04. The maximum absolute atomic E-state index is 12.1. The van der Waals surface area contributed by atoms with Gasteiger partial charge in [-0.1, -0.05) is 12.8 Å². The molecule has 0 aromatic carbocycles. The smallest absolute Gasteiger partial charge is 0.307 e. The van der Waals surface area contributed by atoms with Gasteiger partial charge in [-0.15, -0.1) is 0 Å². The first-order valence-corrected chi connectivity index (χ1v) is 7.10. The number of rotatable bonds is 6. The lowest BCUT2D eigenvalue weighted by Crippen LogP contribution is -2.49. The minimum atomic E-state index is -1.02. The van der Waals surface area contributed by atoms with Gasteiger partial charge in [-0.25, -0.2) is 0 Å². The van der Waals surface area contributed by atoms with Gasteiger partial charge in [0.25, 0.3) is 0 Å². The van der Waals surface area contributed by atoms with Gasteiger partial charge in [0.1, 0.15) is 0 Å². The van der Waals surface area contributed by atoms with Crippen LogP contribution in [0, 0.1) is 11.8 Å². The number of aliphatic hydroxyl groups is 1. The summed E-state index contributed by atoms with van der Waals surface area (Å²) in [6.07, 6.45) is 2.91. The van der Waals surface area contributed by atoms with Crippen molar-refractivity contribution in [1.82, 2.24) is 10.2 Å². The van der Waals surface area contributed by atoms with E-state index in [9.17, 15) is 14.7 Å². The average Bonchev–Trinajstić information content (AvgIpc) is 2.34. The molecule has 1 aliphatic rings. The second-order valence-electron chi connectivity index (χ2n) is 6.29. The standard InChI is InChI=1S/C14H26N2O4/c1-14(20,9-16(2)3)8-15-12(17)10-6-4-5-7-11(10)13(18)19/h10-11,20H,4-9H2,1-3H3,(H,15,17)(H,18,19)/t10-,11+,14?/m1/s1. The fraction of sp³-hybridized carbons (Fsp3) is 0.857. The molecule has 6 nitrogen and oxygen atoms in total. The number of amides is 1. The van der Waals surface area contributed by atoms with Crippen LogP contribution < -0.4 is 5.32 Å². The summed E-state index contributed by atoms with van der Waals surface area (Å²) in [5.41, 5.74) is -1.02. The normalized spacial score (nSPS) is 26.1. The summed E-state index contributed by atoms with van der Waals surface area (Å²) in [4.78, 5) is 25.2. The van der Waals surface area contributed by atoms with Crippen molar-refractivity contribution < 1.29 is 19.8 Å². The molecule has 1 rings (SSSR count). The van der Waals surface area contributed by atoms with E-state index in [-0.39, 0.29) is 12.5 Å². The summed E-state index contributed by atoms with van der Waals surface area (Å²) >= 11 is 0. The number of hydrogen-bond acceptors (Lipinski definition) is 4. The van der Waals surface area contributed by atoms with E-state index in [1.807, 2.05) is 19.0 Å². The number of nitrogens with zero attached hydrogens (tertiary/aromatic N) is 1. The molecular formula is C14H26N2O4. The average molecular weight is 286 g/mol. The summed E-state index contributed by atoms with van der Waals surface area (Å²) in [5.74, 6) is -2.22. The van der Waals surface area contributed by atoms with Gasteiger partial charge in [-0.05, 0) is 33.9 Å². The van der Waals surface area contributed by atoms with E-state index in [0.29, 0.717) is 19.4 Å². The Kier molecular flexibility index (Phi) is 5.95. The number of carboxylic acid groups (broad SMARTS) is 1. The number of aliphatic carboxylic acids is 1. The van der Waals surface area contributed by atoms with E-state index >= 15 is 0 Å². The Morgan fingerprint density at radius 2 is 1.80 bits per heavy atom. The molecule has 1 fully saturated rings. The van der Waals surface area contributed by atoms with Gasteiger partial charge in [0.15, 0.2) is 0 Å². The molecule has 0 bridgehead atoms. The summed E-state index contributed by atoms with van der Waals surface area (Å²) in [7, 11) is 3.69. The summed E-state index contributed by atoms with van der Waals surface area (Å²) in [6.45, 7) is 2.22. The molecule has 0 aromatic heterocycles. The molecule has 0 heterocycles. The lowest BCUT2D eigenvalue weighted by molar-refractivity contribution is -0.149. The molecule has 6 heteroatoms. The van der Waals surface area contributed by atoms with Crippen molar-refractivity contribution in [3.05, 3.63) is 0 Å². The van der Waals surface area contributed by atoms with Crippen LogP contribution in [-0.4, -0.2) is 59.8 Å². The summed E-state index contributed by atoms with van der Waals surface area (Å²) < 4.78 is 0. The maximum Gasteiger partial charge on any atom is 0.307 e. The highest BCUT2D eigenvalue weighted by molar-refractivity contribution is 5.84. The van der Waals surface area contributed by atoms with Gasteiger partial charge in [0.05, 0.1) is 17.4 Å². The van der Waals surface area contributed by atoms with Crippen LogP contribution >= 0.6 is 0 Å². The van der Waals surface area contributed by atoms with Crippen LogP contribution in [0.25, 0.3) is 0 Å². The first-order chi connectivity index (χ1) is 9.23. The largest absolute Gasteiger partial charge is 0.481 e. The Labute approximate surface area is 120 Å². The van der Waals surface area contributed by atoms with Crippen LogP contribution in [0.5, 0.6) is 0 Å². The number of carbonyl (C=O) groups excluding carboxylic acids is 1. The number of hydrogen-bond donors (Lipinski definition) is 3. The van der Waals surface area contributed by atoms with E-state index in [0.717, 1.165) is 12.8 Å². The molecule has 1 unspecified atom stereocenters. The fourth-order valence-corrected chi connectivity index (χ4v) is 2.89. The molecule has 1 aliphatic carbocycles. The first kappa shape index (κ1) is 16.9. The number of carbonyl (C=O) groups is 2. The second-order valence-corrected chi connectivity index (χ2v) is 6.29. The zero-order valence-electron chi connectivity index (χ0n) is 12.6. The third kappa shape index (κ3) is 5.09. The van der Waals surface area contributed by atoms with E-state index in [1.54, 1.807) is 6.92 Å². The Morgan fingerprint density at radius 3 is 2.30 bits per heavy atom. The lowest BCUT2D eigenvalue weighted by atomic mass is 9.78. The predicted molar refractivity (Wildman–Crippen MR) is 75.3 cm³/mol. The summed E-state index contributed by atoms with van der Waals surface area (Å²) in [6, 6.07) is 0. The van der Waals surface area contributed by atoms with E-state index in [1.165, 1.54) is 0 Å². The van der Waals surface area contributed by atoms with Crippen LogP contribution in [-0.2, 0) is 9.59 Å². The van der Waals surface area contributed by atoms with Crippen LogP contribution in [0.1, 0.15) is 32.6 Å². The minimum Gasteiger partial charge on any atom is -0.481 e. The molecule has 0 saturated heterocycles. The molecule has 3 atom stereocenters. The van der Waals surface area contributed by atoms with E-state index < -0.39 is 23.4 Å². The Morgan fingerprint density at radius 1 is 1.25 bits per heavy atom. The molecular weight excluding hydrogens is 260 g/mol. The molecule has 3 N–H and O–H groups in total. The SMILES string of the molecule is CN(C)CC(C)(O)CNC(=O)[C@@H]1CCCC[C@@H]1C(=O)O. The molecule has 0 aliphatic heterocycles. The van der Waals surface area contributed by atoms with Crippen LogP contribution in [0.15, 0.2) is 0 Å². The van der Waals surface area contributed by atoms with E-state index in [2.05, 4.69) is 5.32 Å². The predicted octanol–water partition coefficient (Wildman–Crippen LogP) is 0.306. The zero-order valence-corrected chi connectivity index (χ0v) is 12.6. The molecule has 0 aromatic rings. The minimum absolute atomic E-state index is 0.132. The number of carboxylic acids is 1. The molecule has 116 valence electrons. The molecule has 1 saturated carbocycles. The van der Waals surface area contributed by atoms with Crippen LogP contribution in [0.4, 0.5) is 0 Å². The van der Waals surface area contributed by atoms with Gasteiger partial charge in [-0.3, -0.25) is 9.59 Å². The number of likely N-dealkylation sites (N-methyl/N-ethyl adjacent to an activating group) is 1. The molecule has 1 amide bonds. The molecule has 0 spiro atoms. The van der Waals surface area contributed by atoms with Crippen molar-refractivity contribution in [3.63, 3.8) is 0 Å². The third-order valence-electron chi connectivity index (χ3n) is 3.72. The fourth-order valence-electron chi connectivity index (χ4n) is 2.89. The van der Waals surface area contributed by atoms with Crippen molar-refractivity contribution >= 4 is 11.9 Å². The Bertz CT molecular complexity index is 355. The summed E-state index contributed by atoms with van der Waals surface area (Å²) in [5, 5.41) is 22.0. The van der Waals surface area contributed by atoms with Crippen LogP contribution in [0.3, 0.4) is 0 Å². The number of nitrogens with one attached hydrogen (secondary N) is 1. The van der Waals surface area contributed by atoms with Crippen molar-refractivity contribution in [3.8, 4) is 0 Å². The highest BCUT2D eigenvalue weighted by Gasteiger charge is 2.36. The van der Waals surface area contributed by atoms with Gasteiger partial charge in [0, 0.05) is 13.1 Å². The van der Waals surface area contributed by atoms with E-state index in [4.69, 9.17) is 5.11 Å². The van der Waals surface area contributed by atoms with Crippen LogP contribution in [0.2, 0.25) is 0 Å². The van der Waals surface area contributed by atoms with Crippen molar-refractivity contribution in [2.75, 3.05) is 27.2 Å². The molecule has 0 radical (unpaired) electrons. The Hall–Kier alpha value is -1.14. The first-order valence-electron chi connectivity index (χ1n) is 7.10. The van der Waals surface area contributed by atoms with Gasteiger partial charge in [-0.2, -0.15) is 0 Å². The Balaban J connectivity index is 2.54. The van der Waals surface area contributed by atoms with Gasteiger partial charge < -0.3 is 20.4 Å². The zero-order chi connectivity index (χ0) is 15.3. The quantitative estimate of drug-likeness (QED) is 0.653. The van der Waals surface area contributed by atoms with Gasteiger partial charge >= 0.3 is 5.97 Å². The van der Waals surface area contributed by atoms with Crippen molar-refractivity contribution in [2.45, 2.75) is 38.2 Å². The molecule has 20 heavy (non-hydrogen) atoms. The maximum atomic E-state index is 12.1. The monoisotopic (exact) mass is 286 g/mol. The highest BCUT2D eigenvalue weighted by atomic mass is 16.4. The highest BCUT2D eigenvalue weighted by Crippen LogP contribution is 2.30. The van der Waals surface area contributed by atoms with Crippen molar-refractivity contribution in [2.24, 2.45) is 11.8 Å². The third-order valence-corrected chi connectivity index (χ3v) is 3.72. The van der Waals surface area contributed by atoms with Crippen molar-refractivity contribution in [1.29, 1.82) is 0 Å².